The van der Waals surface area contributed by atoms with Gasteiger partial charge in [0.15, 0.2) is 0 Å². The van der Waals surface area contributed by atoms with Crippen molar-refractivity contribution in [2.75, 3.05) is 12.0 Å². The molecule has 2 aromatic carbocycles. The first kappa shape index (κ1) is 22.5. The quantitative estimate of drug-likeness (QED) is 0.328. The molecule has 1 aromatic heterocycles. The number of nitrogens with zero attached hydrogens (tertiary/aromatic N) is 2. The Balaban J connectivity index is 1.97. The van der Waals surface area contributed by atoms with Crippen molar-refractivity contribution in [1.29, 1.82) is 0 Å². The zero-order valence-electron chi connectivity index (χ0n) is 18.1. The van der Waals surface area contributed by atoms with Gasteiger partial charge in [-0.05, 0) is 67.4 Å². The molecule has 1 aliphatic heterocycles. The molecule has 0 spiro atoms. The molecule has 1 unspecified atom stereocenters. The van der Waals surface area contributed by atoms with E-state index in [9.17, 15) is 19.1 Å². The molecule has 1 atom stereocenters. The van der Waals surface area contributed by atoms with Gasteiger partial charge in [0, 0.05) is 17.4 Å². The van der Waals surface area contributed by atoms with Crippen LogP contribution in [0.15, 0.2) is 60.3 Å². The topological polar surface area (TPSA) is 79.7 Å². The molecular weight excluding hydrogens is 447 g/mol. The summed E-state index contributed by atoms with van der Waals surface area (Å²) in [5, 5.41) is 11.1. The largest absolute Gasteiger partial charge is 0.507 e. The van der Waals surface area contributed by atoms with Gasteiger partial charge >= 0.3 is 0 Å². The number of aliphatic hydroxyl groups excluding tert-OH is 1. The van der Waals surface area contributed by atoms with Crippen molar-refractivity contribution >= 4 is 34.7 Å². The van der Waals surface area contributed by atoms with Gasteiger partial charge in [-0.15, -0.1) is 0 Å². The minimum Gasteiger partial charge on any atom is -0.507 e. The average molecular weight is 467 g/mol. The molecule has 6 nitrogen and oxygen atoms in total. The molecule has 33 heavy (non-hydrogen) atoms. The van der Waals surface area contributed by atoms with Gasteiger partial charge in [0.05, 0.1) is 23.4 Å². The Kier molecular flexibility index (Phi) is 5.91. The number of hydrogen-bond acceptors (Lipinski definition) is 5. The van der Waals surface area contributed by atoms with Crippen LogP contribution in [0.1, 0.15) is 28.4 Å². The minimum atomic E-state index is -1.03. The summed E-state index contributed by atoms with van der Waals surface area (Å²) >= 11 is 5.94. The van der Waals surface area contributed by atoms with Crippen LogP contribution in [0.3, 0.4) is 0 Å². The average Bonchev–Trinajstić information content (AvgIpc) is 3.07. The Morgan fingerprint density at radius 2 is 1.88 bits per heavy atom. The van der Waals surface area contributed by atoms with Crippen molar-refractivity contribution in [2.45, 2.75) is 19.9 Å². The van der Waals surface area contributed by atoms with Crippen molar-refractivity contribution < 1.29 is 23.8 Å². The molecule has 2 heterocycles. The molecule has 1 N–H and O–H groups in total. The number of pyridine rings is 1. The summed E-state index contributed by atoms with van der Waals surface area (Å²) in [6.07, 6.45) is 1.52. The summed E-state index contributed by atoms with van der Waals surface area (Å²) in [7, 11) is 1.54. The van der Waals surface area contributed by atoms with E-state index < -0.39 is 23.5 Å². The van der Waals surface area contributed by atoms with Crippen LogP contribution < -0.4 is 9.64 Å². The maximum absolute atomic E-state index is 13.8. The summed E-state index contributed by atoms with van der Waals surface area (Å²) in [6.45, 7) is 3.58. The van der Waals surface area contributed by atoms with Crippen LogP contribution in [-0.2, 0) is 9.59 Å². The number of carbonyl (C=O) groups excluding carboxylic acids is 2. The van der Waals surface area contributed by atoms with Crippen molar-refractivity contribution in [2.24, 2.45) is 0 Å². The number of anilines is 1. The summed E-state index contributed by atoms with van der Waals surface area (Å²) in [4.78, 5) is 31.8. The van der Waals surface area contributed by atoms with Gasteiger partial charge in [-0.25, -0.2) is 4.39 Å². The standard InChI is InChI=1S/C25H20ClFN2O4/c1-13-11-20(33-3)14(2)10-16(13)23(30)21-22(19-6-4-5-9-28-19)29(25(32)24(21)31)15-7-8-18(27)17(26)12-15/h4-12,22,30H,1-3H3/b23-21+. The lowest BCUT2D eigenvalue weighted by molar-refractivity contribution is -0.132. The lowest BCUT2D eigenvalue weighted by atomic mass is 9.95. The number of Topliss-reactive ketones (excluding diaryl/α,β-unsaturated/α-hetero) is 1. The van der Waals surface area contributed by atoms with E-state index >= 15 is 0 Å². The Labute approximate surface area is 194 Å². The van der Waals surface area contributed by atoms with Crippen LogP contribution in [0, 0.1) is 19.7 Å². The van der Waals surface area contributed by atoms with Crippen molar-refractivity contribution in [3.63, 3.8) is 0 Å². The molecule has 0 aliphatic carbocycles. The van der Waals surface area contributed by atoms with Crippen LogP contribution in [-0.4, -0.2) is 28.9 Å². The van der Waals surface area contributed by atoms with E-state index in [1.165, 1.54) is 23.2 Å². The molecule has 1 aliphatic rings. The highest BCUT2D eigenvalue weighted by Crippen LogP contribution is 2.43. The van der Waals surface area contributed by atoms with E-state index in [1.54, 1.807) is 44.4 Å². The van der Waals surface area contributed by atoms with E-state index in [0.29, 0.717) is 22.6 Å². The molecule has 168 valence electrons. The lowest BCUT2D eigenvalue weighted by Gasteiger charge is -2.25. The lowest BCUT2D eigenvalue weighted by Crippen LogP contribution is -2.29. The number of hydrogen-bond donors (Lipinski definition) is 1. The predicted octanol–water partition coefficient (Wildman–Crippen LogP) is 5.13. The first-order valence-electron chi connectivity index (χ1n) is 10.1. The maximum atomic E-state index is 13.8. The molecule has 0 radical (unpaired) electrons. The van der Waals surface area contributed by atoms with E-state index in [1.807, 2.05) is 6.92 Å². The third-order valence-corrected chi connectivity index (χ3v) is 5.88. The third kappa shape index (κ3) is 3.85. The van der Waals surface area contributed by atoms with E-state index in [4.69, 9.17) is 16.3 Å². The second-order valence-corrected chi connectivity index (χ2v) is 8.07. The molecule has 4 rings (SSSR count). The van der Waals surface area contributed by atoms with E-state index in [2.05, 4.69) is 4.98 Å². The van der Waals surface area contributed by atoms with Gasteiger partial charge in [-0.2, -0.15) is 0 Å². The van der Waals surface area contributed by atoms with E-state index in [-0.39, 0.29) is 22.0 Å². The number of aromatic nitrogens is 1. The highest BCUT2D eigenvalue weighted by molar-refractivity contribution is 6.51. The number of benzene rings is 2. The monoisotopic (exact) mass is 466 g/mol. The Bertz CT molecular complexity index is 1310. The fraction of sp³-hybridized carbons (Fsp3) is 0.160. The highest BCUT2D eigenvalue weighted by Gasteiger charge is 2.47. The van der Waals surface area contributed by atoms with Crippen LogP contribution in [0.5, 0.6) is 5.75 Å². The van der Waals surface area contributed by atoms with Crippen molar-refractivity contribution in [3.05, 3.63) is 93.5 Å². The number of amides is 1. The molecule has 0 bridgehead atoms. The van der Waals surface area contributed by atoms with Gasteiger partial charge in [-0.3, -0.25) is 19.5 Å². The molecule has 3 aromatic rings. The van der Waals surface area contributed by atoms with Gasteiger partial charge in [0.2, 0.25) is 0 Å². The zero-order valence-corrected chi connectivity index (χ0v) is 18.9. The predicted molar refractivity (Wildman–Crippen MR) is 123 cm³/mol. The van der Waals surface area contributed by atoms with Crippen molar-refractivity contribution in [1.82, 2.24) is 4.98 Å². The highest BCUT2D eigenvalue weighted by atomic mass is 35.5. The molecular formula is C25H20ClFN2O4. The Hall–Kier alpha value is -3.71. The van der Waals surface area contributed by atoms with Gasteiger partial charge in [0.1, 0.15) is 23.4 Å². The number of halogens is 2. The van der Waals surface area contributed by atoms with Crippen molar-refractivity contribution in [3.8, 4) is 5.75 Å². The summed E-state index contributed by atoms with van der Waals surface area (Å²) in [5.41, 5.74) is 2.25. The Morgan fingerprint density at radius 1 is 1.12 bits per heavy atom. The smallest absolute Gasteiger partial charge is 0.300 e. The van der Waals surface area contributed by atoms with Crippen LogP contribution in [0.2, 0.25) is 5.02 Å². The first-order valence-corrected chi connectivity index (χ1v) is 10.4. The fourth-order valence-corrected chi connectivity index (χ4v) is 4.14. The van der Waals surface area contributed by atoms with Gasteiger partial charge in [0.25, 0.3) is 11.7 Å². The second kappa shape index (κ2) is 8.67. The molecule has 1 amide bonds. The molecule has 8 heteroatoms. The minimum absolute atomic E-state index is 0.119. The number of ether oxygens (including phenoxy) is 1. The number of carbonyl (C=O) groups is 2. The number of rotatable bonds is 4. The SMILES string of the molecule is COc1cc(C)c(/C(O)=C2\C(=O)C(=O)N(c3ccc(F)c(Cl)c3)C2c2ccccn2)cc1C. The normalized spacial score (nSPS) is 17.5. The zero-order chi connectivity index (χ0) is 23.9. The molecule has 1 saturated heterocycles. The molecule has 1 fully saturated rings. The third-order valence-electron chi connectivity index (χ3n) is 5.59. The number of ketones is 1. The van der Waals surface area contributed by atoms with Crippen LogP contribution in [0.25, 0.3) is 5.76 Å². The second-order valence-electron chi connectivity index (χ2n) is 7.66. The summed E-state index contributed by atoms with van der Waals surface area (Å²) in [6, 6.07) is 11.2. The molecule has 0 saturated carbocycles. The fourth-order valence-electron chi connectivity index (χ4n) is 3.96. The number of aliphatic hydroxyl groups is 1. The first-order chi connectivity index (χ1) is 15.7. The van der Waals surface area contributed by atoms with E-state index in [0.717, 1.165) is 11.6 Å². The number of methoxy groups -OCH3 is 1. The van der Waals surface area contributed by atoms with Gasteiger partial charge < -0.3 is 9.84 Å². The maximum Gasteiger partial charge on any atom is 0.300 e. The summed E-state index contributed by atoms with van der Waals surface area (Å²) < 4.78 is 19.1. The summed E-state index contributed by atoms with van der Waals surface area (Å²) in [5.74, 6) is -2.11. The number of aryl methyl sites for hydroxylation is 2. The Morgan fingerprint density at radius 3 is 2.52 bits per heavy atom. The van der Waals surface area contributed by atoms with Crippen LogP contribution in [0.4, 0.5) is 10.1 Å². The van der Waals surface area contributed by atoms with Gasteiger partial charge in [-0.1, -0.05) is 17.7 Å². The van der Waals surface area contributed by atoms with Crippen LogP contribution >= 0.6 is 11.6 Å².